The summed E-state index contributed by atoms with van der Waals surface area (Å²) in [6, 6.07) is 10.5. The molecule has 0 saturated heterocycles. The number of furan rings is 1. The summed E-state index contributed by atoms with van der Waals surface area (Å²) in [7, 11) is 0. The lowest BCUT2D eigenvalue weighted by Gasteiger charge is -2.11. The van der Waals surface area contributed by atoms with E-state index in [1.54, 1.807) is 18.2 Å². The molecular weight excluding hydrogens is 375 g/mol. The molecule has 0 radical (unpaired) electrons. The van der Waals surface area contributed by atoms with Gasteiger partial charge in [0, 0.05) is 34.0 Å². The normalized spacial score (nSPS) is 11.8. The van der Waals surface area contributed by atoms with Crippen LogP contribution >= 0.6 is 0 Å². The maximum absolute atomic E-state index is 12.6. The van der Waals surface area contributed by atoms with E-state index in [9.17, 15) is 18.0 Å². The second-order valence-corrected chi connectivity index (χ2v) is 6.09. The molecule has 1 N–H and O–H groups in total. The standard InChI is InChI=1S/C20H12F3NO4/c21-20(22,23)14-3-1-11(2-4-14)19(24)27-10-13-8-18(25)28-17-9-16-12(5-6-26-16)7-15(13)17/h1-9,24H,10H2. The lowest BCUT2D eigenvalue weighted by atomic mass is 10.1. The highest BCUT2D eigenvalue weighted by Gasteiger charge is 2.30. The fourth-order valence-electron chi connectivity index (χ4n) is 2.85. The molecule has 0 aliphatic carbocycles. The average Bonchev–Trinajstić information content (AvgIpc) is 3.11. The van der Waals surface area contributed by atoms with Crippen molar-refractivity contribution in [3.63, 3.8) is 0 Å². The van der Waals surface area contributed by atoms with Gasteiger partial charge in [-0.25, -0.2) is 4.79 Å². The van der Waals surface area contributed by atoms with Crippen molar-refractivity contribution in [2.45, 2.75) is 12.8 Å². The lowest BCUT2D eigenvalue weighted by molar-refractivity contribution is -0.137. The van der Waals surface area contributed by atoms with Crippen molar-refractivity contribution in [1.29, 1.82) is 5.41 Å². The third kappa shape index (κ3) is 3.36. The molecule has 0 unspecified atom stereocenters. The first-order valence-corrected chi connectivity index (χ1v) is 8.14. The van der Waals surface area contributed by atoms with E-state index in [0.717, 1.165) is 29.7 Å². The van der Waals surface area contributed by atoms with E-state index in [0.29, 0.717) is 22.1 Å². The highest BCUT2D eigenvalue weighted by molar-refractivity contribution is 5.95. The van der Waals surface area contributed by atoms with E-state index >= 15 is 0 Å². The first-order valence-electron chi connectivity index (χ1n) is 8.14. The van der Waals surface area contributed by atoms with Gasteiger partial charge in [0.15, 0.2) is 0 Å². The minimum atomic E-state index is -4.45. The number of hydrogen-bond donors (Lipinski definition) is 1. The summed E-state index contributed by atoms with van der Waals surface area (Å²) in [5.41, 5.74) is 0.169. The number of alkyl halides is 3. The van der Waals surface area contributed by atoms with Crippen LogP contribution in [0.15, 0.2) is 68.4 Å². The summed E-state index contributed by atoms with van der Waals surface area (Å²) in [6.07, 6.45) is -2.94. The average molecular weight is 387 g/mol. The van der Waals surface area contributed by atoms with E-state index in [-0.39, 0.29) is 18.1 Å². The summed E-state index contributed by atoms with van der Waals surface area (Å²) < 4.78 is 53.8. The molecule has 0 aliphatic rings. The Morgan fingerprint density at radius 1 is 1.04 bits per heavy atom. The maximum Gasteiger partial charge on any atom is 0.416 e. The van der Waals surface area contributed by atoms with Gasteiger partial charge in [-0.2, -0.15) is 13.2 Å². The number of rotatable bonds is 3. The molecule has 28 heavy (non-hydrogen) atoms. The van der Waals surface area contributed by atoms with Gasteiger partial charge in [-0.15, -0.1) is 0 Å². The molecule has 142 valence electrons. The van der Waals surface area contributed by atoms with Crippen molar-refractivity contribution in [2.24, 2.45) is 0 Å². The van der Waals surface area contributed by atoms with Crippen molar-refractivity contribution in [1.82, 2.24) is 0 Å². The topological polar surface area (TPSA) is 76.4 Å². The predicted octanol–water partition coefficient (Wildman–Crippen LogP) is 5.10. The molecule has 4 rings (SSSR count). The monoisotopic (exact) mass is 387 g/mol. The van der Waals surface area contributed by atoms with Crippen LogP contribution in [0.4, 0.5) is 13.2 Å². The molecular formula is C20H12F3NO4. The molecule has 4 aromatic rings. The van der Waals surface area contributed by atoms with Gasteiger partial charge in [0.05, 0.1) is 11.8 Å². The summed E-state index contributed by atoms with van der Waals surface area (Å²) in [5, 5.41) is 9.38. The van der Waals surface area contributed by atoms with Crippen molar-refractivity contribution < 1.29 is 26.7 Å². The molecule has 2 heterocycles. The fourth-order valence-corrected chi connectivity index (χ4v) is 2.85. The van der Waals surface area contributed by atoms with Crippen molar-refractivity contribution in [3.05, 3.63) is 81.9 Å². The molecule has 8 heteroatoms. The summed E-state index contributed by atoms with van der Waals surface area (Å²) in [5.74, 6) is -0.306. The fraction of sp³-hybridized carbons (Fsp3) is 0.100. The summed E-state index contributed by atoms with van der Waals surface area (Å²) in [4.78, 5) is 11.8. The molecule has 0 aliphatic heterocycles. The van der Waals surface area contributed by atoms with Crippen molar-refractivity contribution in [3.8, 4) is 0 Å². The number of hydrogen-bond acceptors (Lipinski definition) is 5. The zero-order chi connectivity index (χ0) is 19.9. The Kier molecular flexibility index (Phi) is 4.18. The smallest absolute Gasteiger partial charge is 0.416 e. The molecule has 0 amide bonds. The molecule has 2 aromatic carbocycles. The molecule has 0 bridgehead atoms. The molecule has 2 aromatic heterocycles. The first-order chi connectivity index (χ1) is 13.3. The highest BCUT2D eigenvalue weighted by Crippen LogP contribution is 2.29. The van der Waals surface area contributed by atoms with Crippen molar-refractivity contribution in [2.75, 3.05) is 0 Å². The Labute approximate surface area is 155 Å². The third-order valence-corrected chi connectivity index (χ3v) is 4.25. The molecule has 5 nitrogen and oxygen atoms in total. The molecule has 0 atom stereocenters. The number of fused-ring (bicyclic) bond motifs is 2. The van der Waals surface area contributed by atoms with Crippen LogP contribution in [-0.4, -0.2) is 5.90 Å². The Bertz CT molecular complexity index is 1240. The predicted molar refractivity (Wildman–Crippen MR) is 95.3 cm³/mol. The number of ether oxygens (including phenoxy) is 1. The van der Waals surface area contributed by atoms with E-state index in [4.69, 9.17) is 19.0 Å². The molecule has 0 spiro atoms. The van der Waals surface area contributed by atoms with Crippen LogP contribution in [-0.2, 0) is 17.5 Å². The zero-order valence-corrected chi connectivity index (χ0v) is 14.2. The van der Waals surface area contributed by atoms with Crippen LogP contribution < -0.4 is 5.63 Å². The largest absolute Gasteiger partial charge is 0.473 e. The van der Waals surface area contributed by atoms with E-state index < -0.39 is 17.4 Å². The molecule has 0 saturated carbocycles. The van der Waals surface area contributed by atoms with E-state index in [1.165, 1.54) is 12.3 Å². The zero-order valence-electron chi connectivity index (χ0n) is 14.2. The summed E-state index contributed by atoms with van der Waals surface area (Å²) >= 11 is 0. The second-order valence-electron chi connectivity index (χ2n) is 6.09. The minimum Gasteiger partial charge on any atom is -0.473 e. The van der Waals surface area contributed by atoms with Gasteiger partial charge in [0.2, 0.25) is 5.90 Å². The number of benzene rings is 2. The van der Waals surface area contributed by atoms with Crippen LogP contribution in [0.5, 0.6) is 0 Å². The third-order valence-electron chi connectivity index (χ3n) is 4.25. The Morgan fingerprint density at radius 3 is 2.50 bits per heavy atom. The van der Waals surface area contributed by atoms with Gasteiger partial charge >= 0.3 is 11.8 Å². The first kappa shape index (κ1) is 17.8. The quantitative estimate of drug-likeness (QED) is 0.301. The highest BCUT2D eigenvalue weighted by atomic mass is 19.4. The van der Waals surface area contributed by atoms with Gasteiger partial charge in [0.1, 0.15) is 17.8 Å². The lowest BCUT2D eigenvalue weighted by Crippen LogP contribution is -2.09. The summed E-state index contributed by atoms with van der Waals surface area (Å²) in [6.45, 7) is -0.120. The minimum absolute atomic E-state index is 0.120. The van der Waals surface area contributed by atoms with Gasteiger partial charge < -0.3 is 13.6 Å². The SMILES string of the molecule is N=C(OCc1cc(=O)oc2cc3occc3cc12)c1ccc(C(F)(F)F)cc1. The van der Waals surface area contributed by atoms with Gasteiger partial charge in [-0.3, -0.25) is 5.41 Å². The van der Waals surface area contributed by atoms with Crippen LogP contribution in [0.3, 0.4) is 0 Å². The van der Waals surface area contributed by atoms with E-state index in [1.807, 2.05) is 0 Å². The van der Waals surface area contributed by atoms with E-state index in [2.05, 4.69) is 0 Å². The van der Waals surface area contributed by atoms with Crippen molar-refractivity contribution >= 4 is 27.8 Å². The Balaban J connectivity index is 1.59. The van der Waals surface area contributed by atoms with Crippen LogP contribution in [0.1, 0.15) is 16.7 Å². The number of nitrogens with one attached hydrogen (secondary N) is 1. The van der Waals surface area contributed by atoms with Gasteiger partial charge in [-0.05, 0) is 36.4 Å². The Hall–Kier alpha value is -3.55. The second kappa shape index (κ2) is 6.56. The maximum atomic E-state index is 12.6. The van der Waals surface area contributed by atoms with Gasteiger partial charge in [0.25, 0.3) is 0 Å². The van der Waals surface area contributed by atoms with Crippen LogP contribution in [0.2, 0.25) is 0 Å². The number of halogens is 3. The van der Waals surface area contributed by atoms with Crippen LogP contribution in [0, 0.1) is 5.41 Å². The molecule has 0 fully saturated rings. The van der Waals surface area contributed by atoms with Gasteiger partial charge in [-0.1, -0.05) is 0 Å². The van der Waals surface area contributed by atoms with Crippen LogP contribution in [0.25, 0.3) is 21.9 Å². The Morgan fingerprint density at radius 2 is 1.79 bits per heavy atom.